The Hall–Kier alpha value is -1.84. The molecule has 0 spiro atoms. The van der Waals surface area contributed by atoms with Crippen LogP contribution in [0.3, 0.4) is 0 Å². The number of benzene rings is 2. The van der Waals surface area contributed by atoms with Crippen molar-refractivity contribution in [3.05, 3.63) is 70.2 Å². The summed E-state index contributed by atoms with van der Waals surface area (Å²) >= 11 is 5.88. The predicted molar refractivity (Wildman–Crippen MR) is 129 cm³/mol. The van der Waals surface area contributed by atoms with E-state index in [9.17, 15) is 9.90 Å². The number of carbonyl (C=O) groups excluding carboxylic acids is 1. The quantitative estimate of drug-likeness (QED) is 0.240. The van der Waals surface area contributed by atoms with Gasteiger partial charge in [0.15, 0.2) is 5.96 Å². The number of rotatable bonds is 8. The molecular formula is C21H28ClIN4O2. The molecule has 2 aromatic rings. The zero-order chi connectivity index (χ0) is 20.4. The van der Waals surface area contributed by atoms with Crippen LogP contribution in [0.2, 0.25) is 5.02 Å². The van der Waals surface area contributed by atoms with E-state index in [4.69, 9.17) is 11.6 Å². The molecule has 1 unspecified atom stereocenters. The van der Waals surface area contributed by atoms with Crippen molar-refractivity contribution in [3.8, 4) is 0 Å². The summed E-state index contributed by atoms with van der Waals surface area (Å²) < 4.78 is 0. The standard InChI is InChI=1S/C21H27ClN4O2.HI/c1-3-24-21(26-14-19(27)16-7-9-18(22)10-8-16)25-12-11-15-5-4-6-17(13-15)20(28)23-2;/h4-10,13,19,27H,3,11-12,14H2,1-2H3,(H,23,28)(H2,24,25,26);1H. The zero-order valence-corrected chi connectivity index (χ0v) is 19.7. The Bertz CT molecular complexity index is 800. The molecule has 1 amide bonds. The number of carbonyl (C=O) groups is 1. The first-order valence-electron chi connectivity index (χ1n) is 9.30. The predicted octanol–water partition coefficient (Wildman–Crippen LogP) is 3.15. The fourth-order valence-corrected chi connectivity index (χ4v) is 2.77. The third-order valence-electron chi connectivity index (χ3n) is 4.14. The highest BCUT2D eigenvalue weighted by molar-refractivity contribution is 14.0. The first-order chi connectivity index (χ1) is 13.5. The Labute approximate surface area is 194 Å². The largest absolute Gasteiger partial charge is 0.386 e. The van der Waals surface area contributed by atoms with Gasteiger partial charge in [-0.1, -0.05) is 35.9 Å². The number of nitrogens with one attached hydrogen (secondary N) is 3. The van der Waals surface area contributed by atoms with Crippen LogP contribution >= 0.6 is 35.6 Å². The topological polar surface area (TPSA) is 85.8 Å². The number of halogens is 2. The van der Waals surface area contributed by atoms with Crippen LogP contribution < -0.4 is 16.0 Å². The van der Waals surface area contributed by atoms with Crippen molar-refractivity contribution >= 4 is 47.4 Å². The van der Waals surface area contributed by atoms with Crippen molar-refractivity contribution < 1.29 is 9.90 Å². The molecule has 0 radical (unpaired) electrons. The Kier molecular flexibility index (Phi) is 11.6. The normalized spacial score (nSPS) is 11.9. The molecule has 2 aromatic carbocycles. The molecule has 29 heavy (non-hydrogen) atoms. The molecule has 0 fully saturated rings. The Morgan fingerprint density at radius 2 is 1.90 bits per heavy atom. The lowest BCUT2D eigenvalue weighted by molar-refractivity contribution is 0.0963. The monoisotopic (exact) mass is 530 g/mol. The van der Waals surface area contributed by atoms with Gasteiger partial charge in [0.2, 0.25) is 0 Å². The third kappa shape index (κ3) is 8.59. The van der Waals surface area contributed by atoms with Crippen LogP contribution in [0.4, 0.5) is 0 Å². The molecule has 0 saturated carbocycles. The number of aliphatic hydroxyl groups is 1. The second kappa shape index (κ2) is 13.4. The average molecular weight is 531 g/mol. The summed E-state index contributed by atoms with van der Waals surface area (Å²) in [6.07, 6.45) is 0.0478. The lowest BCUT2D eigenvalue weighted by Gasteiger charge is -2.13. The van der Waals surface area contributed by atoms with E-state index in [-0.39, 0.29) is 36.4 Å². The van der Waals surface area contributed by atoms with Crippen molar-refractivity contribution in [2.75, 3.05) is 26.7 Å². The van der Waals surface area contributed by atoms with Gasteiger partial charge < -0.3 is 21.1 Å². The summed E-state index contributed by atoms with van der Waals surface area (Å²) in [6, 6.07) is 14.6. The molecule has 2 rings (SSSR count). The lowest BCUT2D eigenvalue weighted by atomic mass is 10.1. The van der Waals surface area contributed by atoms with Gasteiger partial charge in [-0.2, -0.15) is 0 Å². The van der Waals surface area contributed by atoms with Crippen LogP contribution in [-0.4, -0.2) is 43.7 Å². The van der Waals surface area contributed by atoms with E-state index in [0.717, 1.165) is 24.1 Å². The third-order valence-corrected chi connectivity index (χ3v) is 4.40. The van der Waals surface area contributed by atoms with Crippen LogP contribution in [0.15, 0.2) is 53.5 Å². The summed E-state index contributed by atoms with van der Waals surface area (Å²) in [5.41, 5.74) is 2.48. The van der Waals surface area contributed by atoms with Crippen LogP contribution in [-0.2, 0) is 6.42 Å². The molecule has 6 nitrogen and oxygen atoms in total. The second-order valence-corrected chi connectivity index (χ2v) is 6.68. The number of amides is 1. The summed E-state index contributed by atoms with van der Waals surface area (Å²) in [5, 5.41) is 20.0. The van der Waals surface area contributed by atoms with Gasteiger partial charge in [0.25, 0.3) is 5.91 Å². The van der Waals surface area contributed by atoms with E-state index >= 15 is 0 Å². The maximum absolute atomic E-state index is 11.7. The van der Waals surface area contributed by atoms with Gasteiger partial charge in [-0.3, -0.25) is 9.79 Å². The molecule has 0 aliphatic carbocycles. The smallest absolute Gasteiger partial charge is 0.251 e. The molecule has 0 saturated heterocycles. The summed E-state index contributed by atoms with van der Waals surface area (Å²) in [7, 11) is 1.62. The van der Waals surface area contributed by atoms with Gasteiger partial charge in [0.05, 0.1) is 12.6 Å². The Balaban J connectivity index is 0.00000420. The summed E-state index contributed by atoms with van der Waals surface area (Å²) in [6.45, 7) is 3.60. The fraction of sp³-hybridized carbons (Fsp3) is 0.333. The molecule has 0 heterocycles. The van der Waals surface area contributed by atoms with E-state index in [1.807, 2.05) is 25.1 Å². The Morgan fingerprint density at radius 1 is 1.17 bits per heavy atom. The minimum Gasteiger partial charge on any atom is -0.386 e. The first-order valence-corrected chi connectivity index (χ1v) is 9.68. The maximum Gasteiger partial charge on any atom is 0.251 e. The number of hydrogen-bond donors (Lipinski definition) is 4. The molecule has 8 heteroatoms. The van der Waals surface area contributed by atoms with Crippen LogP contribution in [0.25, 0.3) is 0 Å². The molecule has 158 valence electrons. The zero-order valence-electron chi connectivity index (χ0n) is 16.6. The molecule has 1 atom stereocenters. The molecule has 0 aliphatic heterocycles. The summed E-state index contributed by atoms with van der Waals surface area (Å²) in [4.78, 5) is 16.2. The molecule has 0 bridgehead atoms. The van der Waals surface area contributed by atoms with Crippen molar-refractivity contribution in [2.24, 2.45) is 4.99 Å². The van der Waals surface area contributed by atoms with Crippen LogP contribution in [0.1, 0.15) is 34.5 Å². The van der Waals surface area contributed by atoms with Gasteiger partial charge in [0, 0.05) is 30.7 Å². The van der Waals surface area contributed by atoms with Gasteiger partial charge in [-0.05, 0) is 48.7 Å². The SMILES string of the molecule is CCNC(=NCC(O)c1ccc(Cl)cc1)NCCc1cccc(C(=O)NC)c1.I. The van der Waals surface area contributed by atoms with Crippen molar-refractivity contribution in [1.82, 2.24) is 16.0 Å². The van der Waals surface area contributed by atoms with Crippen molar-refractivity contribution in [3.63, 3.8) is 0 Å². The fourth-order valence-electron chi connectivity index (χ4n) is 2.65. The van der Waals surface area contributed by atoms with E-state index in [0.29, 0.717) is 23.1 Å². The molecule has 4 N–H and O–H groups in total. The van der Waals surface area contributed by atoms with E-state index in [1.54, 1.807) is 37.4 Å². The second-order valence-electron chi connectivity index (χ2n) is 6.24. The number of hydrogen-bond acceptors (Lipinski definition) is 3. The summed E-state index contributed by atoms with van der Waals surface area (Å²) in [5.74, 6) is 0.541. The van der Waals surface area contributed by atoms with Gasteiger partial charge in [0.1, 0.15) is 0 Å². The van der Waals surface area contributed by atoms with Crippen LogP contribution in [0.5, 0.6) is 0 Å². The molecular weight excluding hydrogens is 503 g/mol. The highest BCUT2D eigenvalue weighted by atomic mass is 127. The number of aliphatic hydroxyl groups excluding tert-OH is 1. The van der Waals surface area contributed by atoms with Gasteiger partial charge >= 0.3 is 0 Å². The van der Waals surface area contributed by atoms with E-state index < -0.39 is 6.10 Å². The maximum atomic E-state index is 11.7. The molecule has 0 aliphatic rings. The van der Waals surface area contributed by atoms with E-state index in [1.165, 1.54) is 0 Å². The van der Waals surface area contributed by atoms with Gasteiger partial charge in [-0.25, -0.2) is 0 Å². The van der Waals surface area contributed by atoms with E-state index in [2.05, 4.69) is 20.9 Å². The minimum atomic E-state index is -0.697. The highest BCUT2D eigenvalue weighted by Gasteiger charge is 2.08. The first kappa shape index (κ1) is 25.2. The number of aliphatic imine (C=N–C) groups is 1. The van der Waals surface area contributed by atoms with Gasteiger partial charge in [-0.15, -0.1) is 24.0 Å². The Morgan fingerprint density at radius 3 is 2.55 bits per heavy atom. The number of nitrogens with zero attached hydrogens (tertiary/aromatic N) is 1. The number of guanidine groups is 1. The van der Waals surface area contributed by atoms with Crippen molar-refractivity contribution in [2.45, 2.75) is 19.4 Å². The van der Waals surface area contributed by atoms with Crippen molar-refractivity contribution in [1.29, 1.82) is 0 Å². The molecule has 0 aromatic heterocycles. The average Bonchev–Trinajstić information content (AvgIpc) is 2.72. The highest BCUT2D eigenvalue weighted by Crippen LogP contribution is 2.16. The van der Waals surface area contributed by atoms with Crippen LogP contribution in [0, 0.1) is 0 Å². The minimum absolute atomic E-state index is 0. The lowest BCUT2D eigenvalue weighted by Crippen LogP contribution is -2.38.